The van der Waals surface area contributed by atoms with E-state index in [1.807, 2.05) is 6.07 Å². The van der Waals surface area contributed by atoms with E-state index in [1.54, 1.807) is 18.2 Å². The normalized spacial score (nSPS) is 14.4. The Morgan fingerprint density at radius 1 is 1.02 bits per heavy atom. The molecule has 4 rings (SSSR count). The number of amides is 2. The third kappa shape index (κ3) is 6.78. The van der Waals surface area contributed by atoms with Crippen LogP contribution >= 0.6 is 11.8 Å². The molecule has 11 heteroatoms. The lowest BCUT2D eigenvalue weighted by Crippen LogP contribution is -2.31. The number of pyridine rings is 1. The zero-order chi connectivity index (χ0) is 30.2. The maximum Gasteiger partial charge on any atom is 0.338 e. The second kappa shape index (κ2) is 13.8. The van der Waals surface area contributed by atoms with Gasteiger partial charge in [0.2, 0.25) is 11.8 Å². The SMILES string of the molecule is CCCCc1ccc(C#N)c(SC2CC(=O)N(c3ccc(C(=O)OCC(=O)c4ccc(OC)c(OC)c4)cc3)C2=O)n1. The summed E-state index contributed by atoms with van der Waals surface area (Å²) < 4.78 is 15.5. The monoisotopic (exact) mass is 587 g/mol. The number of aryl methyl sites for hydroxylation is 1. The predicted octanol–water partition coefficient (Wildman–Crippen LogP) is 4.78. The van der Waals surface area contributed by atoms with Crippen LogP contribution < -0.4 is 14.4 Å². The number of benzene rings is 2. The summed E-state index contributed by atoms with van der Waals surface area (Å²) in [7, 11) is 2.93. The molecule has 1 saturated heterocycles. The van der Waals surface area contributed by atoms with E-state index >= 15 is 0 Å². The number of hydrogen-bond acceptors (Lipinski definition) is 10. The fourth-order valence-electron chi connectivity index (χ4n) is 4.31. The number of hydrogen-bond donors (Lipinski definition) is 0. The minimum atomic E-state index is -0.735. The van der Waals surface area contributed by atoms with E-state index in [1.165, 1.54) is 44.6 Å². The van der Waals surface area contributed by atoms with Gasteiger partial charge in [-0.15, -0.1) is 0 Å². The van der Waals surface area contributed by atoms with E-state index in [0.717, 1.165) is 41.6 Å². The molecule has 216 valence electrons. The minimum absolute atomic E-state index is 0.0444. The molecule has 1 aromatic heterocycles. The van der Waals surface area contributed by atoms with Crippen LogP contribution in [0, 0.1) is 11.3 Å². The van der Waals surface area contributed by atoms with Gasteiger partial charge in [0.15, 0.2) is 23.9 Å². The molecule has 0 radical (unpaired) electrons. The van der Waals surface area contributed by atoms with Gasteiger partial charge in [-0.25, -0.2) is 14.7 Å². The number of esters is 1. The largest absolute Gasteiger partial charge is 0.493 e. The highest BCUT2D eigenvalue weighted by molar-refractivity contribution is 8.00. The fraction of sp³-hybridized carbons (Fsp3) is 0.290. The predicted molar refractivity (Wildman–Crippen MR) is 155 cm³/mol. The molecule has 0 N–H and O–H groups in total. The smallest absolute Gasteiger partial charge is 0.338 e. The number of ketones is 1. The summed E-state index contributed by atoms with van der Waals surface area (Å²) in [5, 5.41) is 9.21. The van der Waals surface area contributed by atoms with Crippen LogP contribution in [0.5, 0.6) is 11.5 Å². The van der Waals surface area contributed by atoms with Crippen molar-refractivity contribution >= 4 is 41.0 Å². The first-order valence-corrected chi connectivity index (χ1v) is 14.1. The molecule has 1 aliphatic heterocycles. The van der Waals surface area contributed by atoms with E-state index < -0.39 is 35.4 Å². The molecular weight excluding hydrogens is 558 g/mol. The first-order chi connectivity index (χ1) is 20.3. The van der Waals surface area contributed by atoms with Gasteiger partial charge in [-0.05, 0) is 67.4 Å². The first-order valence-electron chi connectivity index (χ1n) is 13.3. The number of Topliss-reactive ketones (excluding diaryl/α,β-unsaturated/α-hetero) is 1. The van der Waals surface area contributed by atoms with Gasteiger partial charge >= 0.3 is 5.97 Å². The molecule has 1 fully saturated rings. The second-order valence-electron chi connectivity index (χ2n) is 9.36. The van der Waals surface area contributed by atoms with Crippen LogP contribution in [0.15, 0.2) is 59.6 Å². The summed E-state index contributed by atoms with van der Waals surface area (Å²) in [6.45, 7) is 1.59. The number of carbonyl (C=O) groups excluding carboxylic acids is 4. The van der Waals surface area contributed by atoms with Crippen molar-refractivity contribution in [3.63, 3.8) is 0 Å². The maximum atomic E-state index is 13.2. The molecule has 1 atom stereocenters. The molecular formula is C31H29N3O7S. The average molecular weight is 588 g/mol. The Morgan fingerprint density at radius 3 is 2.40 bits per heavy atom. The van der Waals surface area contributed by atoms with E-state index in [2.05, 4.69) is 18.0 Å². The summed E-state index contributed by atoms with van der Waals surface area (Å²) in [6.07, 6.45) is 2.67. The number of carbonyl (C=O) groups is 4. The molecule has 0 aliphatic carbocycles. The summed E-state index contributed by atoms with van der Waals surface area (Å²) in [4.78, 5) is 56.8. The van der Waals surface area contributed by atoms with Crippen LogP contribution in [-0.2, 0) is 20.7 Å². The number of imide groups is 1. The van der Waals surface area contributed by atoms with Gasteiger partial charge in [-0.1, -0.05) is 25.1 Å². The zero-order valence-electron chi connectivity index (χ0n) is 23.4. The number of thioether (sulfide) groups is 1. The third-order valence-electron chi connectivity index (χ3n) is 6.59. The standard InChI is InChI=1S/C31H29N3O7S/c1-4-5-6-22-11-7-21(17-32)29(33-22)42-27-16-28(36)34(30(27)37)23-12-8-19(9-13-23)31(38)41-18-24(35)20-10-14-25(39-2)26(15-20)40-3/h7-15,27H,4-6,16,18H2,1-3H3. The number of unbranched alkanes of at least 4 members (excludes halogenated alkanes) is 1. The first kappa shape index (κ1) is 30.3. The van der Waals surface area contributed by atoms with Gasteiger partial charge in [0.25, 0.3) is 0 Å². The van der Waals surface area contributed by atoms with E-state index in [4.69, 9.17) is 14.2 Å². The Hall–Kier alpha value is -4.69. The van der Waals surface area contributed by atoms with Crippen molar-refractivity contribution in [1.29, 1.82) is 5.26 Å². The lowest BCUT2D eigenvalue weighted by Gasteiger charge is -2.15. The zero-order valence-corrected chi connectivity index (χ0v) is 24.2. The molecule has 10 nitrogen and oxygen atoms in total. The van der Waals surface area contributed by atoms with Crippen molar-refractivity contribution in [1.82, 2.24) is 4.98 Å². The maximum absolute atomic E-state index is 13.2. The number of ether oxygens (including phenoxy) is 3. The van der Waals surface area contributed by atoms with Crippen molar-refractivity contribution in [2.75, 3.05) is 25.7 Å². The molecule has 0 bridgehead atoms. The van der Waals surface area contributed by atoms with Crippen LogP contribution in [-0.4, -0.2) is 54.6 Å². The van der Waals surface area contributed by atoms with Crippen molar-refractivity contribution in [3.8, 4) is 17.6 Å². The van der Waals surface area contributed by atoms with Gasteiger partial charge in [0, 0.05) is 17.7 Å². The lowest BCUT2D eigenvalue weighted by molar-refractivity contribution is -0.121. The van der Waals surface area contributed by atoms with Crippen molar-refractivity contribution < 1.29 is 33.4 Å². The number of rotatable bonds is 12. The van der Waals surface area contributed by atoms with Gasteiger partial charge in [0.05, 0.1) is 36.3 Å². The van der Waals surface area contributed by atoms with Gasteiger partial charge < -0.3 is 14.2 Å². The Labute approximate surface area is 247 Å². The molecule has 0 spiro atoms. The van der Waals surface area contributed by atoms with Crippen LogP contribution in [0.2, 0.25) is 0 Å². The highest BCUT2D eigenvalue weighted by Gasteiger charge is 2.40. The van der Waals surface area contributed by atoms with Crippen LogP contribution in [0.3, 0.4) is 0 Å². The Kier molecular flexibility index (Phi) is 9.93. The van der Waals surface area contributed by atoms with Crippen molar-refractivity contribution in [2.45, 2.75) is 42.9 Å². The van der Waals surface area contributed by atoms with Crippen molar-refractivity contribution in [3.05, 3.63) is 77.0 Å². The minimum Gasteiger partial charge on any atom is -0.493 e. The third-order valence-corrected chi connectivity index (χ3v) is 7.77. The summed E-state index contributed by atoms with van der Waals surface area (Å²) in [6, 6.07) is 16.0. The molecule has 2 aromatic carbocycles. The van der Waals surface area contributed by atoms with Gasteiger partial charge in [-0.3, -0.25) is 14.4 Å². The molecule has 1 unspecified atom stereocenters. The van der Waals surface area contributed by atoms with Gasteiger partial charge in [-0.2, -0.15) is 5.26 Å². The molecule has 1 aliphatic rings. The van der Waals surface area contributed by atoms with E-state index in [9.17, 15) is 24.4 Å². The Bertz CT molecular complexity index is 1550. The number of nitriles is 1. The number of methoxy groups -OCH3 is 2. The summed E-state index contributed by atoms with van der Waals surface area (Å²) in [5.41, 5.74) is 1.93. The van der Waals surface area contributed by atoms with Crippen LogP contribution in [0.25, 0.3) is 0 Å². The quantitative estimate of drug-likeness (QED) is 0.165. The number of nitrogens with zero attached hydrogens (tertiary/aromatic N) is 3. The molecule has 2 amide bonds. The van der Waals surface area contributed by atoms with E-state index in [0.29, 0.717) is 33.3 Å². The fourth-order valence-corrected chi connectivity index (χ4v) is 5.42. The molecule has 0 saturated carbocycles. The van der Waals surface area contributed by atoms with Crippen LogP contribution in [0.1, 0.15) is 58.2 Å². The number of anilines is 1. The van der Waals surface area contributed by atoms with Crippen LogP contribution in [0.4, 0.5) is 5.69 Å². The van der Waals surface area contributed by atoms with Gasteiger partial charge in [0.1, 0.15) is 11.1 Å². The average Bonchev–Trinajstić information content (AvgIpc) is 3.29. The highest BCUT2D eigenvalue weighted by atomic mass is 32.2. The molecule has 42 heavy (non-hydrogen) atoms. The molecule has 3 aromatic rings. The summed E-state index contributed by atoms with van der Waals surface area (Å²) in [5.74, 6) is -1.14. The Morgan fingerprint density at radius 2 is 1.74 bits per heavy atom. The van der Waals surface area contributed by atoms with E-state index in [-0.39, 0.29) is 12.0 Å². The van der Waals surface area contributed by atoms with Crippen molar-refractivity contribution in [2.24, 2.45) is 0 Å². The highest BCUT2D eigenvalue weighted by Crippen LogP contribution is 2.35. The topological polar surface area (TPSA) is 136 Å². The Balaban J connectivity index is 1.39. The summed E-state index contributed by atoms with van der Waals surface area (Å²) >= 11 is 1.11. The lowest BCUT2D eigenvalue weighted by atomic mass is 10.1. The number of aromatic nitrogens is 1. The molecule has 2 heterocycles. The second-order valence-corrected chi connectivity index (χ2v) is 10.6.